The number of carbonyl (C=O) groups excluding carboxylic acids is 1. The topological polar surface area (TPSA) is 46.1 Å². The number of nitrogens with zero attached hydrogens (tertiary/aromatic N) is 3. The van der Waals surface area contributed by atoms with E-state index in [1.807, 2.05) is 54.6 Å². The first-order valence-corrected chi connectivity index (χ1v) is 12.0. The van der Waals surface area contributed by atoms with Crippen molar-refractivity contribution in [2.45, 2.75) is 30.5 Å². The number of thiazole rings is 1. The van der Waals surface area contributed by atoms with Crippen LogP contribution < -0.4 is 4.90 Å². The lowest BCUT2D eigenvalue weighted by atomic mass is 10.2. The third-order valence-corrected chi connectivity index (χ3v) is 6.86. The van der Waals surface area contributed by atoms with Gasteiger partial charge in [0.15, 0.2) is 5.13 Å². The minimum atomic E-state index is -0.0665. The molecule has 4 nitrogen and oxygen atoms in total. The SMILES string of the molecule is CC(C)Sc1cccc(C(=O)N(Cc2cccnc2)c2nc3ccc(Br)cc3s2)c1. The Morgan fingerprint density at radius 2 is 2.03 bits per heavy atom. The van der Waals surface area contributed by atoms with Crippen LogP contribution in [-0.2, 0) is 6.54 Å². The molecular formula is C23H20BrN3OS2. The molecule has 0 fully saturated rings. The third kappa shape index (κ3) is 4.91. The minimum Gasteiger partial charge on any atom is -0.279 e. The number of hydrogen-bond acceptors (Lipinski definition) is 5. The number of hydrogen-bond donors (Lipinski definition) is 0. The van der Waals surface area contributed by atoms with Crippen LogP contribution in [0.3, 0.4) is 0 Å². The van der Waals surface area contributed by atoms with Gasteiger partial charge in [0.2, 0.25) is 0 Å². The number of anilines is 1. The second kappa shape index (κ2) is 9.29. The molecule has 7 heteroatoms. The Bertz CT molecular complexity index is 1180. The molecule has 0 unspecified atom stereocenters. The molecule has 1 amide bonds. The van der Waals surface area contributed by atoms with Crippen molar-refractivity contribution in [1.29, 1.82) is 0 Å². The van der Waals surface area contributed by atoms with Crippen molar-refractivity contribution in [3.05, 3.63) is 82.6 Å². The average molecular weight is 498 g/mol. The van der Waals surface area contributed by atoms with E-state index in [9.17, 15) is 4.79 Å². The Kier molecular flexibility index (Phi) is 6.51. The van der Waals surface area contributed by atoms with Gasteiger partial charge in [0.1, 0.15) is 0 Å². The molecule has 2 aromatic heterocycles. The van der Waals surface area contributed by atoms with E-state index in [4.69, 9.17) is 4.98 Å². The van der Waals surface area contributed by atoms with E-state index < -0.39 is 0 Å². The highest BCUT2D eigenvalue weighted by atomic mass is 79.9. The number of carbonyl (C=O) groups is 1. The first kappa shape index (κ1) is 21.0. The highest BCUT2D eigenvalue weighted by Crippen LogP contribution is 2.33. The smallest absolute Gasteiger partial charge is 0.260 e. The molecule has 4 rings (SSSR count). The van der Waals surface area contributed by atoms with Gasteiger partial charge in [-0.2, -0.15) is 0 Å². The van der Waals surface area contributed by atoms with E-state index in [0.717, 1.165) is 25.1 Å². The van der Waals surface area contributed by atoms with Crippen LogP contribution in [0.15, 0.2) is 76.4 Å². The zero-order chi connectivity index (χ0) is 21.1. The summed E-state index contributed by atoms with van der Waals surface area (Å²) in [6, 6.07) is 17.6. The van der Waals surface area contributed by atoms with Gasteiger partial charge >= 0.3 is 0 Å². The maximum absolute atomic E-state index is 13.6. The van der Waals surface area contributed by atoms with E-state index in [1.165, 1.54) is 11.3 Å². The van der Waals surface area contributed by atoms with Crippen molar-refractivity contribution in [3.8, 4) is 0 Å². The zero-order valence-corrected chi connectivity index (χ0v) is 19.8. The van der Waals surface area contributed by atoms with Gasteiger partial charge in [0, 0.05) is 32.6 Å². The highest BCUT2D eigenvalue weighted by Gasteiger charge is 2.22. The second-order valence-electron chi connectivity index (χ2n) is 7.06. The largest absolute Gasteiger partial charge is 0.279 e. The summed E-state index contributed by atoms with van der Waals surface area (Å²) in [4.78, 5) is 25.4. The predicted molar refractivity (Wildman–Crippen MR) is 130 cm³/mol. The van der Waals surface area contributed by atoms with Crippen molar-refractivity contribution in [2.24, 2.45) is 0 Å². The van der Waals surface area contributed by atoms with E-state index in [2.05, 4.69) is 34.8 Å². The molecule has 0 bridgehead atoms. The molecule has 0 spiro atoms. The van der Waals surface area contributed by atoms with Crippen molar-refractivity contribution >= 4 is 60.3 Å². The molecule has 2 aromatic carbocycles. The van der Waals surface area contributed by atoms with Crippen LogP contribution >= 0.6 is 39.0 Å². The summed E-state index contributed by atoms with van der Waals surface area (Å²) in [7, 11) is 0. The highest BCUT2D eigenvalue weighted by molar-refractivity contribution is 9.10. The number of aromatic nitrogens is 2. The summed E-state index contributed by atoms with van der Waals surface area (Å²) < 4.78 is 2.03. The number of rotatable bonds is 6. The molecule has 30 heavy (non-hydrogen) atoms. The zero-order valence-electron chi connectivity index (χ0n) is 16.6. The molecule has 0 aliphatic rings. The van der Waals surface area contributed by atoms with Crippen LogP contribution in [0.4, 0.5) is 5.13 Å². The number of benzene rings is 2. The Morgan fingerprint density at radius 3 is 2.80 bits per heavy atom. The molecule has 152 valence electrons. The lowest BCUT2D eigenvalue weighted by molar-refractivity contribution is 0.0985. The number of thioether (sulfide) groups is 1. The van der Waals surface area contributed by atoms with Crippen LogP contribution in [-0.4, -0.2) is 21.1 Å². The normalized spacial score (nSPS) is 11.2. The molecule has 0 atom stereocenters. The van der Waals surface area contributed by atoms with Gasteiger partial charge in [-0.1, -0.05) is 53.2 Å². The molecule has 0 N–H and O–H groups in total. The first-order valence-electron chi connectivity index (χ1n) is 9.53. The summed E-state index contributed by atoms with van der Waals surface area (Å²) >= 11 is 6.78. The van der Waals surface area contributed by atoms with Crippen LogP contribution in [0, 0.1) is 0 Å². The van der Waals surface area contributed by atoms with Crippen molar-refractivity contribution < 1.29 is 4.79 Å². The molecule has 2 heterocycles. The summed E-state index contributed by atoms with van der Waals surface area (Å²) in [5.41, 5.74) is 2.50. The third-order valence-electron chi connectivity index (χ3n) is 4.33. The lowest BCUT2D eigenvalue weighted by Gasteiger charge is -2.20. The maximum Gasteiger partial charge on any atom is 0.260 e. The predicted octanol–water partition coefficient (Wildman–Crippen LogP) is 6.80. The average Bonchev–Trinajstić information content (AvgIpc) is 3.15. The molecule has 0 saturated heterocycles. The number of pyridine rings is 1. The Labute approximate surface area is 192 Å². The molecule has 0 radical (unpaired) electrons. The van der Waals surface area contributed by atoms with E-state index >= 15 is 0 Å². The quantitative estimate of drug-likeness (QED) is 0.274. The van der Waals surface area contributed by atoms with Crippen LogP contribution in [0.1, 0.15) is 29.8 Å². The monoisotopic (exact) mass is 497 g/mol. The lowest BCUT2D eigenvalue weighted by Crippen LogP contribution is -2.30. The molecule has 0 aliphatic carbocycles. The van der Waals surface area contributed by atoms with Gasteiger partial charge in [-0.15, -0.1) is 11.8 Å². The van der Waals surface area contributed by atoms with Crippen LogP contribution in [0.25, 0.3) is 10.2 Å². The van der Waals surface area contributed by atoms with Crippen LogP contribution in [0.5, 0.6) is 0 Å². The fraction of sp³-hybridized carbons (Fsp3) is 0.174. The van der Waals surface area contributed by atoms with Crippen molar-refractivity contribution in [1.82, 2.24) is 9.97 Å². The van der Waals surface area contributed by atoms with Gasteiger partial charge in [-0.3, -0.25) is 14.7 Å². The maximum atomic E-state index is 13.6. The van der Waals surface area contributed by atoms with Gasteiger partial charge in [0.25, 0.3) is 5.91 Å². The van der Waals surface area contributed by atoms with E-state index in [0.29, 0.717) is 22.5 Å². The number of fused-ring (bicyclic) bond motifs is 1. The van der Waals surface area contributed by atoms with E-state index in [1.54, 1.807) is 29.1 Å². The summed E-state index contributed by atoms with van der Waals surface area (Å²) in [5.74, 6) is -0.0665. The number of halogens is 1. The van der Waals surface area contributed by atoms with Gasteiger partial charge < -0.3 is 0 Å². The fourth-order valence-electron chi connectivity index (χ4n) is 3.03. The molecular weight excluding hydrogens is 478 g/mol. The van der Waals surface area contributed by atoms with Gasteiger partial charge in [-0.25, -0.2) is 4.98 Å². The van der Waals surface area contributed by atoms with Crippen molar-refractivity contribution in [3.63, 3.8) is 0 Å². The first-order chi connectivity index (χ1) is 14.5. The molecule has 0 saturated carbocycles. The standard InChI is InChI=1S/C23H20BrN3OS2/c1-15(2)29-19-7-3-6-17(11-19)22(28)27(14-16-5-4-10-25-13-16)23-26-20-9-8-18(24)12-21(20)30-23/h3-13,15H,14H2,1-2H3. The minimum absolute atomic E-state index is 0.0665. The van der Waals surface area contributed by atoms with Gasteiger partial charge in [0.05, 0.1) is 16.8 Å². The van der Waals surface area contributed by atoms with E-state index in [-0.39, 0.29) is 5.91 Å². The molecule has 4 aromatic rings. The summed E-state index contributed by atoms with van der Waals surface area (Å²) in [5, 5.41) is 1.13. The summed E-state index contributed by atoms with van der Waals surface area (Å²) in [6.45, 7) is 4.70. The van der Waals surface area contributed by atoms with Crippen LogP contribution in [0.2, 0.25) is 0 Å². The fourth-order valence-corrected chi connectivity index (χ4v) is 5.44. The molecule has 0 aliphatic heterocycles. The summed E-state index contributed by atoms with van der Waals surface area (Å²) in [6.07, 6.45) is 3.52. The van der Waals surface area contributed by atoms with Crippen molar-refractivity contribution in [2.75, 3.05) is 4.90 Å². The second-order valence-corrected chi connectivity index (χ2v) is 10.6. The van der Waals surface area contributed by atoms with Gasteiger partial charge in [-0.05, 0) is 48.0 Å². The Balaban J connectivity index is 1.73. The Hall–Kier alpha value is -2.22. The Morgan fingerprint density at radius 1 is 1.17 bits per heavy atom. The number of amides is 1.